The van der Waals surface area contributed by atoms with Crippen molar-refractivity contribution in [2.75, 3.05) is 12.4 Å². The zero-order chi connectivity index (χ0) is 8.10. The lowest BCUT2D eigenvalue weighted by molar-refractivity contribution is 0.215. The van der Waals surface area contributed by atoms with E-state index in [0.29, 0.717) is 12.5 Å². The van der Waals surface area contributed by atoms with Gasteiger partial charge in [-0.15, -0.1) is 0 Å². The summed E-state index contributed by atoms with van der Waals surface area (Å²) in [6, 6.07) is 0. The molecule has 0 amide bonds. The number of hydrogen-bond acceptors (Lipinski definition) is 2. The van der Waals surface area contributed by atoms with Crippen molar-refractivity contribution in [1.29, 1.82) is 0 Å². The van der Waals surface area contributed by atoms with Gasteiger partial charge < -0.3 is 5.11 Å². The Hall–Kier alpha value is 0.310. The van der Waals surface area contributed by atoms with Gasteiger partial charge in [-0.2, -0.15) is 11.8 Å². The van der Waals surface area contributed by atoms with Crippen LogP contribution in [0.25, 0.3) is 0 Å². The van der Waals surface area contributed by atoms with Gasteiger partial charge in [-0.3, -0.25) is 0 Å². The predicted octanol–water partition coefficient (Wildman–Crippen LogP) is 2.29. The summed E-state index contributed by atoms with van der Waals surface area (Å²) in [6.07, 6.45) is 5.20. The maximum atomic E-state index is 9.06. The minimum Gasteiger partial charge on any atom is -0.396 e. The van der Waals surface area contributed by atoms with E-state index in [4.69, 9.17) is 5.11 Å². The van der Waals surface area contributed by atoms with E-state index in [-0.39, 0.29) is 0 Å². The molecular formula is C9H18OS. The minimum absolute atomic E-state index is 0.383. The van der Waals surface area contributed by atoms with E-state index in [2.05, 4.69) is 18.7 Å². The fourth-order valence-electron chi connectivity index (χ4n) is 1.65. The van der Waals surface area contributed by atoms with Gasteiger partial charge in [0.25, 0.3) is 0 Å². The number of rotatable bonds is 3. The summed E-state index contributed by atoms with van der Waals surface area (Å²) in [4.78, 5) is 0. The highest BCUT2D eigenvalue weighted by Crippen LogP contribution is 2.31. The highest BCUT2D eigenvalue weighted by Gasteiger charge is 2.21. The lowest BCUT2D eigenvalue weighted by Crippen LogP contribution is -2.23. The van der Waals surface area contributed by atoms with Crippen molar-refractivity contribution in [3.63, 3.8) is 0 Å². The van der Waals surface area contributed by atoms with E-state index in [1.165, 1.54) is 25.0 Å². The predicted molar refractivity (Wildman–Crippen MR) is 51.0 cm³/mol. The van der Waals surface area contributed by atoms with Crippen LogP contribution in [0.1, 0.15) is 32.6 Å². The second-order valence-corrected chi connectivity index (χ2v) is 4.60. The van der Waals surface area contributed by atoms with Gasteiger partial charge in [0.05, 0.1) is 0 Å². The van der Waals surface area contributed by atoms with E-state index in [1.54, 1.807) is 0 Å². The maximum Gasteiger partial charge on any atom is 0.0469 e. The molecule has 0 aromatic heterocycles. The van der Waals surface area contributed by atoms with Crippen molar-refractivity contribution in [2.24, 2.45) is 5.92 Å². The Labute approximate surface area is 73.6 Å². The molecule has 2 heteroatoms. The summed E-state index contributed by atoms with van der Waals surface area (Å²) in [5, 5.41) is 9.81. The quantitative estimate of drug-likeness (QED) is 0.708. The third kappa shape index (κ3) is 2.68. The first-order valence-corrected chi connectivity index (χ1v) is 5.65. The molecule has 1 heterocycles. The molecule has 1 N–H and O–H groups in total. The average molecular weight is 174 g/mol. The topological polar surface area (TPSA) is 20.2 Å². The smallest absolute Gasteiger partial charge is 0.0469 e. The number of thioether (sulfide) groups is 1. The molecule has 0 saturated carbocycles. The Morgan fingerprint density at radius 1 is 1.55 bits per heavy atom. The van der Waals surface area contributed by atoms with Crippen LogP contribution in [0.2, 0.25) is 0 Å². The third-order valence-electron chi connectivity index (χ3n) is 2.50. The summed E-state index contributed by atoms with van der Waals surface area (Å²) < 4.78 is 0. The molecule has 0 aliphatic carbocycles. The molecule has 0 bridgehead atoms. The minimum atomic E-state index is 0.383. The van der Waals surface area contributed by atoms with Crippen molar-refractivity contribution in [1.82, 2.24) is 0 Å². The monoisotopic (exact) mass is 174 g/mol. The first-order chi connectivity index (χ1) is 5.38. The first-order valence-electron chi connectivity index (χ1n) is 4.61. The van der Waals surface area contributed by atoms with Crippen LogP contribution in [0.4, 0.5) is 0 Å². The van der Waals surface area contributed by atoms with Crippen molar-refractivity contribution in [2.45, 2.75) is 37.9 Å². The van der Waals surface area contributed by atoms with Crippen LogP contribution in [0.3, 0.4) is 0 Å². The standard InChI is InChI=1S/C9H18OS/c1-2-8(7-10)9-5-3-4-6-11-9/h8-10H,2-7H2,1H3. The molecule has 0 aromatic rings. The molecule has 0 aromatic carbocycles. The number of hydrogen-bond donors (Lipinski definition) is 1. The van der Waals surface area contributed by atoms with Crippen LogP contribution in [-0.2, 0) is 0 Å². The van der Waals surface area contributed by atoms with Crippen LogP contribution in [0.5, 0.6) is 0 Å². The Kier molecular flexibility index (Phi) is 4.31. The summed E-state index contributed by atoms with van der Waals surface area (Å²) in [6.45, 7) is 2.56. The number of aliphatic hydroxyl groups excluding tert-OH is 1. The van der Waals surface area contributed by atoms with Gasteiger partial charge in [0.1, 0.15) is 0 Å². The van der Waals surface area contributed by atoms with Crippen molar-refractivity contribution in [3.8, 4) is 0 Å². The molecule has 0 radical (unpaired) electrons. The van der Waals surface area contributed by atoms with Crippen molar-refractivity contribution < 1.29 is 5.11 Å². The lowest BCUT2D eigenvalue weighted by Gasteiger charge is -2.27. The first kappa shape index (κ1) is 9.40. The second kappa shape index (κ2) is 5.04. The molecule has 2 atom stereocenters. The Balaban J connectivity index is 2.30. The van der Waals surface area contributed by atoms with Gasteiger partial charge >= 0.3 is 0 Å². The van der Waals surface area contributed by atoms with Crippen molar-refractivity contribution in [3.05, 3.63) is 0 Å². The van der Waals surface area contributed by atoms with E-state index in [9.17, 15) is 0 Å². The Morgan fingerprint density at radius 2 is 2.36 bits per heavy atom. The zero-order valence-electron chi connectivity index (χ0n) is 7.25. The summed E-state index contributed by atoms with van der Waals surface area (Å²) in [5.41, 5.74) is 0. The Morgan fingerprint density at radius 3 is 2.82 bits per heavy atom. The molecule has 1 aliphatic heterocycles. The molecule has 1 aliphatic rings. The van der Waals surface area contributed by atoms with Gasteiger partial charge in [-0.05, 0) is 24.5 Å². The van der Waals surface area contributed by atoms with E-state index < -0.39 is 0 Å². The van der Waals surface area contributed by atoms with Crippen LogP contribution in [0, 0.1) is 5.92 Å². The van der Waals surface area contributed by atoms with E-state index in [1.807, 2.05) is 0 Å². The fourth-order valence-corrected chi connectivity index (χ4v) is 3.20. The van der Waals surface area contributed by atoms with Crippen LogP contribution in [0.15, 0.2) is 0 Å². The van der Waals surface area contributed by atoms with Crippen LogP contribution in [-0.4, -0.2) is 22.7 Å². The highest BCUT2D eigenvalue weighted by atomic mass is 32.2. The van der Waals surface area contributed by atoms with Gasteiger partial charge in [0.15, 0.2) is 0 Å². The Bertz CT molecular complexity index is 95.7. The van der Waals surface area contributed by atoms with Gasteiger partial charge in [-0.1, -0.05) is 19.8 Å². The number of aliphatic hydroxyl groups is 1. The van der Waals surface area contributed by atoms with Gasteiger partial charge in [0.2, 0.25) is 0 Å². The average Bonchev–Trinajstić information content (AvgIpc) is 2.09. The third-order valence-corrected chi connectivity index (χ3v) is 4.07. The van der Waals surface area contributed by atoms with E-state index in [0.717, 1.165) is 11.7 Å². The van der Waals surface area contributed by atoms with Crippen molar-refractivity contribution >= 4 is 11.8 Å². The molecule has 1 nitrogen and oxygen atoms in total. The normalized spacial score (nSPS) is 28.4. The molecule has 0 spiro atoms. The summed E-state index contributed by atoms with van der Waals surface area (Å²) in [7, 11) is 0. The molecule has 1 saturated heterocycles. The largest absolute Gasteiger partial charge is 0.396 e. The lowest BCUT2D eigenvalue weighted by atomic mass is 9.98. The highest BCUT2D eigenvalue weighted by molar-refractivity contribution is 7.99. The second-order valence-electron chi connectivity index (χ2n) is 3.26. The molecule has 1 rings (SSSR count). The SMILES string of the molecule is CCC(CO)C1CCCCS1. The van der Waals surface area contributed by atoms with Crippen LogP contribution < -0.4 is 0 Å². The summed E-state index contributed by atoms with van der Waals surface area (Å²) >= 11 is 2.06. The molecule has 11 heavy (non-hydrogen) atoms. The molecule has 66 valence electrons. The van der Waals surface area contributed by atoms with Crippen LogP contribution >= 0.6 is 11.8 Å². The summed E-state index contributed by atoms with van der Waals surface area (Å²) in [5.74, 6) is 1.86. The fraction of sp³-hybridized carbons (Fsp3) is 1.00. The molecule has 1 fully saturated rings. The van der Waals surface area contributed by atoms with Gasteiger partial charge in [0, 0.05) is 11.9 Å². The molecule has 2 unspecified atom stereocenters. The molecular weight excluding hydrogens is 156 g/mol. The maximum absolute atomic E-state index is 9.06. The zero-order valence-corrected chi connectivity index (χ0v) is 8.07. The van der Waals surface area contributed by atoms with E-state index >= 15 is 0 Å². The van der Waals surface area contributed by atoms with Gasteiger partial charge in [-0.25, -0.2) is 0 Å².